The van der Waals surface area contributed by atoms with Gasteiger partial charge in [0.15, 0.2) is 0 Å². The van der Waals surface area contributed by atoms with Crippen molar-refractivity contribution in [3.8, 4) is 17.1 Å². The first-order chi connectivity index (χ1) is 17.0. The summed E-state index contributed by atoms with van der Waals surface area (Å²) in [6, 6.07) is 16.4. The molecule has 0 aliphatic heterocycles. The Labute approximate surface area is 209 Å². The fourth-order valence-corrected chi connectivity index (χ4v) is 6.85. The van der Waals surface area contributed by atoms with E-state index in [0.29, 0.717) is 0 Å². The van der Waals surface area contributed by atoms with E-state index in [2.05, 4.69) is 34.9 Å². The number of imidazole rings is 1. The van der Waals surface area contributed by atoms with Crippen molar-refractivity contribution in [1.82, 2.24) is 9.55 Å². The molecule has 0 unspecified atom stereocenters. The Morgan fingerprint density at radius 2 is 1.49 bits per heavy atom. The van der Waals surface area contributed by atoms with Gasteiger partial charge in [-0.1, -0.05) is 50.7 Å². The summed E-state index contributed by atoms with van der Waals surface area (Å²) < 4.78 is 8.18. The summed E-state index contributed by atoms with van der Waals surface area (Å²) in [5, 5.41) is 0. The predicted octanol–water partition coefficient (Wildman–Crippen LogP) is 6.83. The van der Waals surface area contributed by atoms with Crippen LogP contribution in [0.1, 0.15) is 78.1 Å². The molecule has 0 radical (unpaired) electrons. The van der Waals surface area contributed by atoms with Crippen LogP contribution in [0.25, 0.3) is 22.4 Å². The average Bonchev–Trinajstić information content (AvgIpc) is 3.26. The van der Waals surface area contributed by atoms with Gasteiger partial charge in [-0.15, -0.1) is 0 Å². The molecule has 0 bridgehead atoms. The van der Waals surface area contributed by atoms with Crippen molar-refractivity contribution in [3.05, 3.63) is 48.5 Å². The van der Waals surface area contributed by atoms with E-state index in [1.165, 1.54) is 12.8 Å². The predicted molar refractivity (Wildman–Crippen MR) is 141 cm³/mol. The van der Waals surface area contributed by atoms with Crippen LogP contribution in [0.4, 0.5) is 0 Å². The summed E-state index contributed by atoms with van der Waals surface area (Å²) in [5.74, 6) is 1.97. The van der Waals surface area contributed by atoms with Crippen LogP contribution < -0.4 is 10.5 Å². The van der Waals surface area contributed by atoms with Crippen molar-refractivity contribution in [2.75, 3.05) is 0 Å². The molecule has 186 valence electrons. The Morgan fingerprint density at radius 3 is 2.03 bits per heavy atom. The Hall–Kier alpha value is -2.82. The summed E-state index contributed by atoms with van der Waals surface area (Å²) in [7, 11) is 0. The molecule has 2 aliphatic carbocycles. The minimum absolute atomic E-state index is 0.116. The largest absolute Gasteiger partial charge is 0.491 e. The molecule has 2 aliphatic rings. The van der Waals surface area contributed by atoms with Crippen molar-refractivity contribution in [2.24, 2.45) is 17.6 Å². The van der Waals surface area contributed by atoms with Crippen LogP contribution >= 0.6 is 0 Å². The lowest BCUT2D eigenvalue weighted by Gasteiger charge is -2.48. The minimum atomic E-state index is -0.765. The van der Waals surface area contributed by atoms with Crippen LogP contribution in [0.15, 0.2) is 48.5 Å². The van der Waals surface area contributed by atoms with Gasteiger partial charge in [-0.2, -0.15) is 0 Å². The molecule has 0 spiro atoms. The third-order valence-corrected chi connectivity index (χ3v) is 8.26. The van der Waals surface area contributed by atoms with E-state index in [9.17, 15) is 4.79 Å². The molecule has 3 aromatic rings. The standard InChI is InChI=1S/C30H39N3O2/c1-21(2)35-25-19-17-22(18-20-25)28-32-26-15-9-10-16-27(26)33(28)30(29(31)34,23-11-5-3-6-12-23)24-13-7-4-8-14-24/h9-10,15-21,23-24H,3-8,11-14H2,1-2H3,(H2,31,34). The molecule has 5 nitrogen and oxygen atoms in total. The number of amides is 1. The van der Waals surface area contributed by atoms with E-state index >= 15 is 0 Å². The molecular weight excluding hydrogens is 434 g/mol. The second-order valence-electron chi connectivity index (χ2n) is 10.8. The molecule has 1 aromatic heterocycles. The van der Waals surface area contributed by atoms with Gasteiger partial charge in [0.1, 0.15) is 17.1 Å². The van der Waals surface area contributed by atoms with Gasteiger partial charge < -0.3 is 15.0 Å². The highest BCUT2D eigenvalue weighted by molar-refractivity contribution is 5.89. The first-order valence-corrected chi connectivity index (χ1v) is 13.6. The smallest absolute Gasteiger partial charge is 0.244 e. The lowest BCUT2D eigenvalue weighted by molar-refractivity contribution is -0.135. The fourth-order valence-electron chi connectivity index (χ4n) is 6.85. The number of primary amides is 1. The zero-order valence-corrected chi connectivity index (χ0v) is 21.2. The van der Waals surface area contributed by atoms with Crippen LogP contribution in [-0.4, -0.2) is 21.6 Å². The highest BCUT2D eigenvalue weighted by atomic mass is 16.5. The maximum atomic E-state index is 13.9. The summed E-state index contributed by atoms with van der Waals surface area (Å²) >= 11 is 0. The molecule has 2 fully saturated rings. The molecule has 0 atom stereocenters. The Bertz CT molecular complexity index is 1130. The van der Waals surface area contributed by atoms with Crippen LogP contribution in [0.5, 0.6) is 5.75 Å². The number of fused-ring (bicyclic) bond motifs is 1. The molecule has 35 heavy (non-hydrogen) atoms. The first-order valence-electron chi connectivity index (χ1n) is 13.6. The van der Waals surface area contributed by atoms with Crippen molar-refractivity contribution in [3.63, 3.8) is 0 Å². The van der Waals surface area contributed by atoms with E-state index in [1.807, 2.05) is 32.0 Å². The fraction of sp³-hybridized carbons (Fsp3) is 0.533. The van der Waals surface area contributed by atoms with Crippen LogP contribution in [0.2, 0.25) is 0 Å². The average molecular weight is 474 g/mol. The van der Waals surface area contributed by atoms with Gasteiger partial charge in [0.05, 0.1) is 17.1 Å². The Kier molecular flexibility index (Phi) is 6.86. The number of hydrogen-bond acceptors (Lipinski definition) is 3. The van der Waals surface area contributed by atoms with Gasteiger partial charge in [0.2, 0.25) is 5.91 Å². The van der Waals surface area contributed by atoms with E-state index < -0.39 is 5.54 Å². The first kappa shape index (κ1) is 23.9. The quantitative estimate of drug-likeness (QED) is 0.409. The molecule has 5 heteroatoms. The maximum absolute atomic E-state index is 13.9. The molecule has 0 saturated heterocycles. The summed E-state index contributed by atoms with van der Waals surface area (Å²) in [4.78, 5) is 19.0. The number of nitrogens with zero attached hydrogens (tertiary/aromatic N) is 2. The number of carbonyl (C=O) groups excluding carboxylic acids is 1. The second kappa shape index (κ2) is 10.0. The second-order valence-corrected chi connectivity index (χ2v) is 10.8. The monoisotopic (exact) mass is 473 g/mol. The highest BCUT2D eigenvalue weighted by Crippen LogP contribution is 2.50. The summed E-state index contributed by atoms with van der Waals surface area (Å²) in [6.45, 7) is 4.06. The Balaban J connectivity index is 1.75. The third-order valence-electron chi connectivity index (χ3n) is 8.26. The van der Waals surface area contributed by atoms with Gasteiger partial charge in [-0.25, -0.2) is 4.98 Å². The van der Waals surface area contributed by atoms with Crippen molar-refractivity contribution in [2.45, 2.75) is 89.7 Å². The SMILES string of the molecule is CC(C)Oc1ccc(-c2nc3ccccc3n2C(C(N)=O)(C2CCCCC2)C2CCCCC2)cc1. The van der Waals surface area contributed by atoms with Gasteiger partial charge in [-0.05, 0) is 87.8 Å². The topological polar surface area (TPSA) is 70.1 Å². The third kappa shape index (κ3) is 4.34. The number of hydrogen-bond donors (Lipinski definition) is 1. The number of carbonyl (C=O) groups is 1. The van der Waals surface area contributed by atoms with E-state index in [4.69, 9.17) is 15.5 Å². The van der Waals surface area contributed by atoms with Gasteiger partial charge >= 0.3 is 0 Å². The zero-order valence-electron chi connectivity index (χ0n) is 21.2. The molecule has 1 heterocycles. The number of ether oxygens (including phenoxy) is 1. The highest BCUT2D eigenvalue weighted by Gasteiger charge is 2.53. The van der Waals surface area contributed by atoms with E-state index in [0.717, 1.165) is 79.5 Å². The minimum Gasteiger partial charge on any atom is -0.491 e. The maximum Gasteiger partial charge on any atom is 0.244 e. The molecule has 2 N–H and O–H groups in total. The lowest BCUT2D eigenvalue weighted by Crippen LogP contribution is -2.58. The van der Waals surface area contributed by atoms with Crippen LogP contribution in [0, 0.1) is 11.8 Å². The number of benzene rings is 2. The zero-order chi connectivity index (χ0) is 24.4. The Morgan fingerprint density at radius 1 is 0.914 bits per heavy atom. The van der Waals surface area contributed by atoms with Crippen molar-refractivity contribution in [1.29, 1.82) is 0 Å². The molecule has 2 aromatic carbocycles. The van der Waals surface area contributed by atoms with Crippen LogP contribution in [0.3, 0.4) is 0 Å². The molecule has 2 saturated carbocycles. The van der Waals surface area contributed by atoms with Crippen molar-refractivity contribution >= 4 is 16.9 Å². The van der Waals surface area contributed by atoms with E-state index in [1.54, 1.807) is 0 Å². The van der Waals surface area contributed by atoms with Crippen molar-refractivity contribution < 1.29 is 9.53 Å². The molecular formula is C30H39N3O2. The van der Waals surface area contributed by atoms with Crippen LogP contribution in [-0.2, 0) is 10.3 Å². The van der Waals surface area contributed by atoms with Gasteiger partial charge in [-0.3, -0.25) is 4.79 Å². The van der Waals surface area contributed by atoms with E-state index in [-0.39, 0.29) is 23.8 Å². The number of rotatable bonds is 7. The molecule has 1 amide bonds. The summed E-state index contributed by atoms with van der Waals surface area (Å²) in [6.07, 6.45) is 11.4. The number of para-hydroxylation sites is 2. The number of nitrogens with two attached hydrogens (primary N) is 1. The number of aromatic nitrogens is 2. The van der Waals surface area contributed by atoms with Gasteiger partial charge in [0.25, 0.3) is 0 Å². The normalized spacial score (nSPS) is 18.3. The summed E-state index contributed by atoms with van der Waals surface area (Å²) in [5.41, 5.74) is 8.70. The lowest BCUT2D eigenvalue weighted by atomic mass is 9.63. The molecule has 5 rings (SSSR count). The van der Waals surface area contributed by atoms with Gasteiger partial charge in [0, 0.05) is 5.56 Å².